The lowest BCUT2D eigenvalue weighted by atomic mass is 10.2. The topological polar surface area (TPSA) is 70.6 Å². The van der Waals surface area contributed by atoms with Gasteiger partial charge in [-0.25, -0.2) is 9.82 Å². The van der Waals surface area contributed by atoms with Crippen LogP contribution in [0.15, 0.2) is 52.5 Å². The summed E-state index contributed by atoms with van der Waals surface area (Å²) < 4.78 is 13.3. The number of carbonyl (C=O) groups excluding carboxylic acids is 2. The molecular formula is C17H13ClFN3O2S. The second-order valence-electron chi connectivity index (χ2n) is 5.26. The lowest BCUT2D eigenvalue weighted by Gasteiger charge is -2.23. The summed E-state index contributed by atoms with van der Waals surface area (Å²) in [5.41, 5.74) is 3.55. The third-order valence-electron chi connectivity index (χ3n) is 3.42. The Morgan fingerprint density at radius 3 is 2.96 bits per heavy atom. The second-order valence-corrected chi connectivity index (χ2v) is 6.91. The van der Waals surface area contributed by atoms with Gasteiger partial charge in [0.1, 0.15) is 5.82 Å². The molecule has 2 amide bonds. The van der Waals surface area contributed by atoms with Crippen LogP contribution in [0.3, 0.4) is 0 Å². The molecule has 0 radical (unpaired) electrons. The number of hydrazone groups is 1. The molecule has 0 fully saturated rings. The molecule has 1 unspecified atom stereocenters. The molecule has 5 nitrogen and oxygen atoms in total. The molecule has 0 saturated heterocycles. The first kappa shape index (κ1) is 17.4. The van der Waals surface area contributed by atoms with E-state index in [0.29, 0.717) is 5.56 Å². The van der Waals surface area contributed by atoms with Crippen LogP contribution in [0, 0.1) is 5.82 Å². The monoisotopic (exact) mass is 377 g/mol. The van der Waals surface area contributed by atoms with Gasteiger partial charge in [-0.15, -0.1) is 11.8 Å². The van der Waals surface area contributed by atoms with E-state index in [1.807, 2.05) is 24.3 Å². The van der Waals surface area contributed by atoms with E-state index in [1.54, 1.807) is 6.07 Å². The molecule has 2 N–H and O–H groups in total. The Kier molecular flexibility index (Phi) is 5.35. The largest absolute Gasteiger partial charge is 0.324 e. The maximum atomic E-state index is 13.3. The Bertz CT molecular complexity index is 860. The average Bonchev–Trinajstić information content (AvgIpc) is 2.59. The standard InChI is InChI=1S/C17H13ClFN3O2S/c18-11-6-5-10(7-12(11)19)9-20-22-16(23)8-15-17(24)21-13-3-1-2-4-14(13)25-15/h1-7,9,15H,8H2,(H,21,24)(H,22,23)/b20-9+. The molecule has 128 valence electrons. The summed E-state index contributed by atoms with van der Waals surface area (Å²) in [6, 6.07) is 11.6. The minimum Gasteiger partial charge on any atom is -0.324 e. The molecule has 3 rings (SSSR count). The third-order valence-corrected chi connectivity index (χ3v) is 5.01. The van der Waals surface area contributed by atoms with E-state index in [-0.39, 0.29) is 17.4 Å². The first-order valence-corrected chi connectivity index (χ1v) is 8.62. The van der Waals surface area contributed by atoms with Gasteiger partial charge in [0.25, 0.3) is 0 Å². The summed E-state index contributed by atoms with van der Waals surface area (Å²) in [6.07, 6.45) is 1.29. The van der Waals surface area contributed by atoms with E-state index in [4.69, 9.17) is 11.6 Å². The minimum atomic E-state index is -0.564. The van der Waals surface area contributed by atoms with Gasteiger partial charge in [-0.3, -0.25) is 9.59 Å². The number of thioether (sulfide) groups is 1. The zero-order valence-electron chi connectivity index (χ0n) is 12.8. The highest BCUT2D eigenvalue weighted by Crippen LogP contribution is 2.36. The lowest BCUT2D eigenvalue weighted by molar-refractivity contribution is -0.124. The van der Waals surface area contributed by atoms with Gasteiger partial charge in [-0.05, 0) is 29.8 Å². The van der Waals surface area contributed by atoms with Crippen LogP contribution in [0.1, 0.15) is 12.0 Å². The van der Waals surface area contributed by atoms with Crippen LogP contribution in [0.2, 0.25) is 5.02 Å². The van der Waals surface area contributed by atoms with E-state index in [0.717, 1.165) is 10.6 Å². The van der Waals surface area contributed by atoms with E-state index < -0.39 is 17.0 Å². The SMILES string of the molecule is O=C(CC1Sc2ccccc2NC1=O)N/N=C/c1ccc(Cl)c(F)c1. The first-order valence-electron chi connectivity index (χ1n) is 7.36. The number of hydrogen-bond acceptors (Lipinski definition) is 4. The number of fused-ring (bicyclic) bond motifs is 1. The van der Waals surface area contributed by atoms with E-state index in [9.17, 15) is 14.0 Å². The van der Waals surface area contributed by atoms with Crippen molar-refractivity contribution in [3.63, 3.8) is 0 Å². The molecule has 0 bridgehead atoms. The van der Waals surface area contributed by atoms with Crippen LogP contribution < -0.4 is 10.7 Å². The van der Waals surface area contributed by atoms with Gasteiger partial charge in [0.05, 0.1) is 22.2 Å². The maximum absolute atomic E-state index is 13.3. The molecular weight excluding hydrogens is 365 g/mol. The number of halogens is 2. The van der Waals surface area contributed by atoms with Crippen molar-refractivity contribution in [2.45, 2.75) is 16.6 Å². The first-order chi connectivity index (χ1) is 12.0. The van der Waals surface area contributed by atoms with Gasteiger partial charge in [0.2, 0.25) is 11.8 Å². The second kappa shape index (κ2) is 7.67. The fourth-order valence-electron chi connectivity index (χ4n) is 2.21. The highest BCUT2D eigenvalue weighted by atomic mass is 35.5. The van der Waals surface area contributed by atoms with Crippen molar-refractivity contribution < 1.29 is 14.0 Å². The van der Waals surface area contributed by atoms with Gasteiger partial charge in [-0.1, -0.05) is 29.8 Å². The number of nitrogens with zero attached hydrogens (tertiary/aromatic N) is 1. The highest BCUT2D eigenvalue weighted by molar-refractivity contribution is 8.01. The predicted molar refractivity (Wildman–Crippen MR) is 96.5 cm³/mol. The van der Waals surface area contributed by atoms with Crippen LogP contribution >= 0.6 is 23.4 Å². The van der Waals surface area contributed by atoms with Gasteiger partial charge in [0, 0.05) is 11.3 Å². The fourth-order valence-corrected chi connectivity index (χ4v) is 3.44. The van der Waals surface area contributed by atoms with Crippen LogP contribution in [-0.2, 0) is 9.59 Å². The van der Waals surface area contributed by atoms with Gasteiger partial charge in [-0.2, -0.15) is 5.10 Å². The molecule has 1 heterocycles. The van der Waals surface area contributed by atoms with E-state index in [1.165, 1.54) is 30.1 Å². The van der Waals surface area contributed by atoms with Crippen LogP contribution in [-0.4, -0.2) is 23.3 Å². The van der Waals surface area contributed by atoms with Crippen molar-refractivity contribution in [3.05, 3.63) is 58.9 Å². The number of anilines is 1. The number of carbonyl (C=O) groups is 2. The smallest absolute Gasteiger partial charge is 0.241 e. The fraction of sp³-hybridized carbons (Fsp3) is 0.118. The molecule has 25 heavy (non-hydrogen) atoms. The van der Waals surface area contributed by atoms with Crippen molar-refractivity contribution >= 4 is 47.1 Å². The maximum Gasteiger partial charge on any atom is 0.241 e. The highest BCUT2D eigenvalue weighted by Gasteiger charge is 2.28. The molecule has 2 aromatic carbocycles. The Balaban J connectivity index is 1.56. The quantitative estimate of drug-likeness (QED) is 0.633. The average molecular weight is 378 g/mol. The van der Waals surface area contributed by atoms with Crippen LogP contribution in [0.4, 0.5) is 10.1 Å². The predicted octanol–water partition coefficient (Wildman–Crippen LogP) is 3.43. The molecule has 0 saturated carbocycles. The normalized spacial score (nSPS) is 16.4. The van der Waals surface area contributed by atoms with Crippen molar-refractivity contribution in [2.75, 3.05) is 5.32 Å². The number of para-hydroxylation sites is 1. The molecule has 0 aliphatic carbocycles. The summed E-state index contributed by atoms with van der Waals surface area (Å²) in [5, 5.41) is 6.03. The molecule has 0 spiro atoms. The Morgan fingerprint density at radius 1 is 1.36 bits per heavy atom. The zero-order chi connectivity index (χ0) is 17.8. The van der Waals surface area contributed by atoms with Crippen molar-refractivity contribution in [1.29, 1.82) is 0 Å². The Labute approximate surface area is 152 Å². The molecule has 0 aromatic heterocycles. The van der Waals surface area contributed by atoms with Crippen molar-refractivity contribution in [1.82, 2.24) is 5.43 Å². The van der Waals surface area contributed by atoms with Crippen LogP contribution in [0.5, 0.6) is 0 Å². The number of rotatable bonds is 4. The molecule has 8 heteroatoms. The molecule has 1 aliphatic rings. The number of hydrogen-bond donors (Lipinski definition) is 2. The lowest BCUT2D eigenvalue weighted by Crippen LogP contribution is -2.33. The summed E-state index contributed by atoms with van der Waals surface area (Å²) in [6.45, 7) is 0. The zero-order valence-corrected chi connectivity index (χ0v) is 14.4. The minimum absolute atomic E-state index is 0.0156. The summed E-state index contributed by atoms with van der Waals surface area (Å²) in [7, 11) is 0. The van der Waals surface area contributed by atoms with E-state index >= 15 is 0 Å². The number of amides is 2. The molecule has 1 aliphatic heterocycles. The molecule has 2 aromatic rings. The Morgan fingerprint density at radius 2 is 2.16 bits per heavy atom. The Hall–Kier alpha value is -2.38. The van der Waals surface area contributed by atoms with Gasteiger partial charge >= 0.3 is 0 Å². The van der Waals surface area contributed by atoms with E-state index in [2.05, 4.69) is 15.8 Å². The van der Waals surface area contributed by atoms with Crippen LogP contribution in [0.25, 0.3) is 0 Å². The van der Waals surface area contributed by atoms with Gasteiger partial charge < -0.3 is 5.32 Å². The number of benzene rings is 2. The van der Waals surface area contributed by atoms with Crippen molar-refractivity contribution in [3.8, 4) is 0 Å². The van der Waals surface area contributed by atoms with Gasteiger partial charge in [0.15, 0.2) is 0 Å². The summed E-state index contributed by atoms with van der Waals surface area (Å²) in [5.74, 6) is -1.19. The number of nitrogens with one attached hydrogen (secondary N) is 2. The summed E-state index contributed by atoms with van der Waals surface area (Å²) in [4.78, 5) is 24.9. The summed E-state index contributed by atoms with van der Waals surface area (Å²) >= 11 is 6.93. The van der Waals surface area contributed by atoms with Crippen molar-refractivity contribution in [2.24, 2.45) is 5.10 Å². The third kappa shape index (κ3) is 4.37. The molecule has 1 atom stereocenters.